The van der Waals surface area contributed by atoms with Gasteiger partial charge >= 0.3 is 0 Å². The summed E-state index contributed by atoms with van der Waals surface area (Å²) in [5, 5.41) is 13.3. The minimum atomic E-state index is -0.246. The van der Waals surface area contributed by atoms with Crippen molar-refractivity contribution in [1.82, 2.24) is 24.5 Å². The number of rotatable bonds is 5. The number of halogens is 1. The van der Waals surface area contributed by atoms with Crippen LogP contribution in [0.2, 0.25) is 5.02 Å². The number of pyridine rings is 1. The van der Waals surface area contributed by atoms with Crippen molar-refractivity contribution in [3.05, 3.63) is 94.9 Å². The molecule has 8 heteroatoms. The van der Waals surface area contributed by atoms with E-state index in [1.807, 2.05) is 81.0 Å². The number of fused-ring (bicyclic) bond motifs is 1. The van der Waals surface area contributed by atoms with Gasteiger partial charge in [-0.1, -0.05) is 41.9 Å². The molecule has 1 N–H and O–H groups in total. The predicted molar refractivity (Wildman–Crippen MR) is 129 cm³/mol. The fourth-order valence-corrected chi connectivity index (χ4v) is 4.09. The highest BCUT2D eigenvalue weighted by Crippen LogP contribution is 2.27. The number of anilines is 1. The molecular weight excluding hydrogens is 436 g/mol. The zero-order chi connectivity index (χ0) is 22.9. The van der Waals surface area contributed by atoms with Crippen molar-refractivity contribution in [2.45, 2.75) is 13.5 Å². The Labute approximate surface area is 195 Å². The molecule has 0 spiro atoms. The van der Waals surface area contributed by atoms with Gasteiger partial charge in [-0.2, -0.15) is 10.2 Å². The maximum atomic E-state index is 13.3. The van der Waals surface area contributed by atoms with Gasteiger partial charge in [0.25, 0.3) is 5.91 Å². The molecule has 0 saturated heterocycles. The van der Waals surface area contributed by atoms with E-state index in [1.54, 1.807) is 15.4 Å². The van der Waals surface area contributed by atoms with Gasteiger partial charge in [-0.15, -0.1) is 0 Å². The Kier molecular flexibility index (Phi) is 5.40. The van der Waals surface area contributed by atoms with Crippen molar-refractivity contribution in [3.63, 3.8) is 0 Å². The molecule has 3 heterocycles. The van der Waals surface area contributed by atoms with E-state index < -0.39 is 0 Å². The number of carbonyl (C=O) groups excluding carboxylic acids is 1. The molecular formula is C25H21ClN6O. The molecule has 2 aromatic carbocycles. The van der Waals surface area contributed by atoms with Crippen molar-refractivity contribution in [2.24, 2.45) is 7.05 Å². The van der Waals surface area contributed by atoms with Gasteiger partial charge in [0.05, 0.1) is 29.0 Å². The van der Waals surface area contributed by atoms with Crippen LogP contribution in [0, 0.1) is 6.92 Å². The van der Waals surface area contributed by atoms with Crippen LogP contribution in [0.25, 0.3) is 22.2 Å². The Morgan fingerprint density at radius 2 is 1.91 bits per heavy atom. The number of nitrogens with zero attached hydrogens (tertiary/aromatic N) is 5. The van der Waals surface area contributed by atoms with Crippen LogP contribution >= 0.6 is 11.6 Å². The number of aromatic nitrogens is 5. The highest BCUT2D eigenvalue weighted by atomic mass is 35.5. The lowest BCUT2D eigenvalue weighted by atomic mass is 10.0. The smallest absolute Gasteiger partial charge is 0.257 e. The first-order chi connectivity index (χ1) is 16.0. The molecule has 0 atom stereocenters. The van der Waals surface area contributed by atoms with Crippen LogP contribution in [0.5, 0.6) is 0 Å². The summed E-state index contributed by atoms with van der Waals surface area (Å²) in [7, 11) is 1.87. The lowest BCUT2D eigenvalue weighted by Crippen LogP contribution is -2.14. The van der Waals surface area contributed by atoms with E-state index in [-0.39, 0.29) is 5.91 Å². The quantitative estimate of drug-likeness (QED) is 0.399. The van der Waals surface area contributed by atoms with Crippen molar-refractivity contribution in [3.8, 4) is 11.3 Å². The van der Waals surface area contributed by atoms with E-state index in [0.29, 0.717) is 28.6 Å². The lowest BCUT2D eigenvalue weighted by Gasteiger charge is -2.09. The van der Waals surface area contributed by atoms with Crippen molar-refractivity contribution < 1.29 is 4.79 Å². The zero-order valence-corrected chi connectivity index (χ0v) is 18.9. The monoisotopic (exact) mass is 456 g/mol. The summed E-state index contributed by atoms with van der Waals surface area (Å²) in [6.07, 6.45) is 3.73. The topological polar surface area (TPSA) is 77.6 Å². The molecule has 33 heavy (non-hydrogen) atoms. The van der Waals surface area contributed by atoms with Crippen molar-refractivity contribution >= 4 is 34.2 Å². The summed E-state index contributed by atoms with van der Waals surface area (Å²) in [5.41, 5.74) is 4.75. The van der Waals surface area contributed by atoms with Gasteiger partial charge in [-0.3, -0.25) is 14.2 Å². The van der Waals surface area contributed by atoms with Crippen molar-refractivity contribution in [1.29, 1.82) is 0 Å². The Bertz CT molecular complexity index is 1490. The van der Waals surface area contributed by atoms with Gasteiger partial charge in [0.15, 0.2) is 5.82 Å². The summed E-state index contributed by atoms with van der Waals surface area (Å²) < 4.78 is 3.50. The lowest BCUT2D eigenvalue weighted by molar-refractivity contribution is 0.102. The number of hydrogen-bond acceptors (Lipinski definition) is 4. The second-order valence-corrected chi connectivity index (χ2v) is 8.29. The minimum absolute atomic E-state index is 0.246. The fourth-order valence-electron chi connectivity index (χ4n) is 3.87. The Morgan fingerprint density at radius 3 is 2.70 bits per heavy atom. The second-order valence-electron chi connectivity index (χ2n) is 7.86. The van der Waals surface area contributed by atoms with Gasteiger partial charge in [0.1, 0.15) is 0 Å². The number of benzene rings is 2. The van der Waals surface area contributed by atoms with Crippen LogP contribution in [0.1, 0.15) is 21.6 Å². The van der Waals surface area contributed by atoms with E-state index in [2.05, 4.69) is 15.5 Å². The predicted octanol–water partition coefficient (Wildman–Crippen LogP) is 5.09. The third-order valence-electron chi connectivity index (χ3n) is 5.37. The second kappa shape index (κ2) is 8.52. The van der Waals surface area contributed by atoms with E-state index in [0.717, 1.165) is 27.7 Å². The summed E-state index contributed by atoms with van der Waals surface area (Å²) in [6.45, 7) is 2.48. The molecule has 0 unspecified atom stereocenters. The molecule has 0 saturated carbocycles. The molecule has 164 valence electrons. The highest BCUT2D eigenvalue weighted by Gasteiger charge is 2.17. The van der Waals surface area contributed by atoms with Crippen LogP contribution in [-0.2, 0) is 13.6 Å². The molecule has 0 bridgehead atoms. The molecule has 3 aromatic heterocycles. The van der Waals surface area contributed by atoms with E-state index in [4.69, 9.17) is 16.6 Å². The minimum Gasteiger partial charge on any atom is -0.305 e. The van der Waals surface area contributed by atoms with Gasteiger partial charge in [0.2, 0.25) is 0 Å². The summed E-state index contributed by atoms with van der Waals surface area (Å²) in [5.74, 6) is 0.228. The normalized spacial score (nSPS) is 11.1. The Balaban J connectivity index is 1.45. The zero-order valence-electron chi connectivity index (χ0n) is 18.2. The molecule has 5 rings (SSSR count). The SMILES string of the molecule is Cc1nn(C)cc1-c1cc(C(=O)Nc2ccn(Cc3cccc(Cl)c3)n2)c2ccccc2n1. The summed E-state index contributed by atoms with van der Waals surface area (Å²) in [6, 6.07) is 18.8. The van der Waals surface area contributed by atoms with Crippen LogP contribution in [0.15, 0.2) is 73.1 Å². The van der Waals surface area contributed by atoms with Crippen LogP contribution in [0.4, 0.5) is 5.82 Å². The van der Waals surface area contributed by atoms with Crippen LogP contribution in [-0.4, -0.2) is 30.5 Å². The average molecular weight is 457 g/mol. The molecule has 0 aliphatic heterocycles. The van der Waals surface area contributed by atoms with E-state index in [1.165, 1.54) is 0 Å². The first-order valence-corrected chi connectivity index (χ1v) is 10.8. The van der Waals surface area contributed by atoms with Gasteiger partial charge < -0.3 is 5.32 Å². The number of aryl methyl sites for hydroxylation is 2. The average Bonchev–Trinajstić information content (AvgIpc) is 3.37. The van der Waals surface area contributed by atoms with E-state index in [9.17, 15) is 4.79 Å². The molecule has 5 aromatic rings. The maximum absolute atomic E-state index is 13.3. The van der Waals surface area contributed by atoms with Crippen molar-refractivity contribution in [2.75, 3.05) is 5.32 Å². The first kappa shape index (κ1) is 20.9. The largest absolute Gasteiger partial charge is 0.305 e. The number of carbonyl (C=O) groups is 1. The molecule has 0 aliphatic rings. The summed E-state index contributed by atoms with van der Waals surface area (Å²) >= 11 is 6.07. The molecule has 1 amide bonds. The molecule has 7 nitrogen and oxygen atoms in total. The highest BCUT2D eigenvalue weighted by molar-refractivity contribution is 6.30. The fraction of sp³-hybridized carbons (Fsp3) is 0.120. The number of hydrogen-bond donors (Lipinski definition) is 1. The summed E-state index contributed by atoms with van der Waals surface area (Å²) in [4.78, 5) is 18.1. The molecule has 0 radical (unpaired) electrons. The third-order valence-corrected chi connectivity index (χ3v) is 5.60. The number of nitrogens with one attached hydrogen (secondary N) is 1. The molecule has 0 fully saturated rings. The van der Waals surface area contributed by atoms with Gasteiger partial charge in [0, 0.05) is 41.5 Å². The number of amides is 1. The maximum Gasteiger partial charge on any atom is 0.257 e. The molecule has 0 aliphatic carbocycles. The van der Waals surface area contributed by atoms with Crippen LogP contribution in [0.3, 0.4) is 0 Å². The van der Waals surface area contributed by atoms with Gasteiger partial charge in [-0.05, 0) is 36.8 Å². The first-order valence-electron chi connectivity index (χ1n) is 10.5. The third kappa shape index (κ3) is 4.36. The van der Waals surface area contributed by atoms with E-state index >= 15 is 0 Å². The number of para-hydroxylation sites is 1. The van der Waals surface area contributed by atoms with Crippen LogP contribution < -0.4 is 5.32 Å². The Morgan fingerprint density at radius 1 is 1.06 bits per heavy atom. The van der Waals surface area contributed by atoms with Gasteiger partial charge in [-0.25, -0.2) is 4.98 Å². The standard InChI is InChI=1S/C25H21ClN6O/c1-16-21(15-31(2)29-16)23-13-20(19-8-3-4-9-22(19)27-23)25(33)28-24-10-11-32(30-24)14-17-6-5-7-18(26)12-17/h3-13,15H,14H2,1-2H3,(H,28,30,33). The Hall–Kier alpha value is -3.97.